The van der Waals surface area contributed by atoms with Crippen LogP contribution in [0.25, 0.3) is 4.85 Å². The predicted octanol–water partition coefficient (Wildman–Crippen LogP) is 4.28. The molecule has 1 aromatic carbocycles. The fourth-order valence-corrected chi connectivity index (χ4v) is 4.10. The number of aromatic nitrogens is 1. The Labute approximate surface area is 160 Å². The van der Waals surface area contributed by atoms with Gasteiger partial charge in [-0.05, 0) is 62.2 Å². The molecule has 1 amide bonds. The molecule has 0 N–H and O–H groups in total. The Kier molecular flexibility index (Phi) is 3.93. The van der Waals surface area contributed by atoms with Crippen LogP contribution in [-0.2, 0) is 4.79 Å². The molecule has 2 aromatic rings. The van der Waals surface area contributed by atoms with Gasteiger partial charge < -0.3 is 4.85 Å². The van der Waals surface area contributed by atoms with Gasteiger partial charge in [0.2, 0.25) is 0 Å². The summed E-state index contributed by atoms with van der Waals surface area (Å²) in [5, 5.41) is 0.0842. The largest absolute Gasteiger partial charge is 0.360 e. The lowest BCUT2D eigenvalue weighted by Gasteiger charge is -2.43. The summed E-state index contributed by atoms with van der Waals surface area (Å²) in [5.74, 6) is -2.06. The number of anilines is 2. The smallest absolute Gasteiger partial charge is 0.272 e. The summed E-state index contributed by atoms with van der Waals surface area (Å²) in [4.78, 5) is 23.4. The van der Waals surface area contributed by atoms with Gasteiger partial charge in [-0.3, -0.25) is 14.6 Å². The van der Waals surface area contributed by atoms with Crippen LogP contribution in [-0.4, -0.2) is 21.5 Å². The Hall–Kier alpha value is -2.92. The van der Waals surface area contributed by atoms with Gasteiger partial charge in [0.1, 0.15) is 11.7 Å². The molecule has 1 spiro atoms. The van der Waals surface area contributed by atoms with Crippen molar-refractivity contribution in [1.82, 2.24) is 4.98 Å². The van der Waals surface area contributed by atoms with E-state index >= 15 is 0 Å². The average Bonchev–Trinajstić information content (AvgIpc) is 2.84. The number of carbonyl (C=O) groups excluding carboxylic acids is 1. The lowest BCUT2D eigenvalue weighted by atomic mass is 9.75. The minimum absolute atomic E-state index is 0.0435. The fraction of sp³-hybridized carbons (Fsp3) is 0.263. The van der Waals surface area contributed by atoms with Crippen LogP contribution >= 0.6 is 12.2 Å². The van der Waals surface area contributed by atoms with Crippen molar-refractivity contribution in [1.29, 1.82) is 0 Å². The number of carbonyl (C=O) groups is 1. The molecule has 0 bridgehead atoms. The van der Waals surface area contributed by atoms with E-state index in [0.29, 0.717) is 24.1 Å². The molecule has 1 saturated carbocycles. The number of pyridine rings is 1. The summed E-state index contributed by atoms with van der Waals surface area (Å²) in [6.45, 7) is 8.82. The fourth-order valence-electron chi connectivity index (χ4n) is 3.64. The number of aryl methyl sites for hydroxylation is 1. The van der Waals surface area contributed by atoms with E-state index in [0.717, 1.165) is 12.5 Å². The van der Waals surface area contributed by atoms with E-state index in [9.17, 15) is 13.6 Å². The summed E-state index contributed by atoms with van der Waals surface area (Å²) in [6, 6.07) is 5.50. The van der Waals surface area contributed by atoms with Crippen molar-refractivity contribution >= 4 is 40.4 Å². The number of halogens is 2. The Morgan fingerprint density at radius 2 is 2.07 bits per heavy atom. The van der Waals surface area contributed by atoms with Gasteiger partial charge in [-0.25, -0.2) is 8.78 Å². The molecule has 2 fully saturated rings. The highest BCUT2D eigenvalue weighted by Crippen LogP contribution is 2.48. The number of hydrogen-bond acceptors (Lipinski definition) is 3. The van der Waals surface area contributed by atoms with Gasteiger partial charge in [0.05, 0.1) is 11.4 Å². The second-order valence-electron chi connectivity index (χ2n) is 6.66. The molecular weight excluding hydrogens is 370 g/mol. The lowest BCUT2D eigenvalue weighted by molar-refractivity contribution is -0.123. The van der Waals surface area contributed by atoms with Gasteiger partial charge in [-0.1, -0.05) is 12.6 Å². The number of nitrogens with zero attached hydrogens (tertiary/aromatic N) is 4. The zero-order valence-electron chi connectivity index (χ0n) is 14.4. The summed E-state index contributed by atoms with van der Waals surface area (Å²) in [5.41, 5.74) is -0.0207. The van der Waals surface area contributed by atoms with Crippen LogP contribution in [0.15, 0.2) is 30.5 Å². The van der Waals surface area contributed by atoms with Gasteiger partial charge in [0, 0.05) is 0 Å². The SMILES string of the molecule is [C-]#[N+]c1ncc(N2C(=O)C3(CCC3)N(c3cccc(F)c3F)C2=S)cc1C. The number of thiocarbonyl (C=S) groups is 1. The summed E-state index contributed by atoms with van der Waals surface area (Å²) in [6.07, 6.45) is 3.21. The molecule has 1 aliphatic heterocycles. The molecule has 8 heteroatoms. The minimum atomic E-state index is -1.03. The third-order valence-electron chi connectivity index (χ3n) is 5.16. The van der Waals surface area contributed by atoms with Gasteiger partial charge >= 0.3 is 0 Å². The van der Waals surface area contributed by atoms with Crippen LogP contribution in [0.1, 0.15) is 24.8 Å². The van der Waals surface area contributed by atoms with Crippen molar-refractivity contribution in [3.05, 3.63) is 59.1 Å². The second-order valence-corrected chi connectivity index (χ2v) is 7.03. The lowest BCUT2D eigenvalue weighted by Crippen LogP contribution is -2.55. The van der Waals surface area contributed by atoms with E-state index in [-0.39, 0.29) is 22.5 Å². The quantitative estimate of drug-likeness (QED) is 0.572. The minimum Gasteiger partial charge on any atom is -0.360 e. The van der Waals surface area contributed by atoms with Crippen molar-refractivity contribution in [3.63, 3.8) is 0 Å². The number of hydrogen-bond donors (Lipinski definition) is 0. The first-order valence-electron chi connectivity index (χ1n) is 8.37. The molecule has 1 aromatic heterocycles. The van der Waals surface area contributed by atoms with Crippen molar-refractivity contribution < 1.29 is 13.6 Å². The van der Waals surface area contributed by atoms with Crippen LogP contribution in [0.2, 0.25) is 0 Å². The van der Waals surface area contributed by atoms with E-state index in [1.54, 1.807) is 13.0 Å². The van der Waals surface area contributed by atoms with E-state index < -0.39 is 17.2 Å². The Morgan fingerprint density at radius 3 is 2.67 bits per heavy atom. The highest BCUT2D eigenvalue weighted by molar-refractivity contribution is 7.81. The van der Waals surface area contributed by atoms with E-state index in [2.05, 4.69) is 9.83 Å². The first kappa shape index (κ1) is 17.5. The van der Waals surface area contributed by atoms with Gasteiger partial charge in [-0.2, -0.15) is 0 Å². The third-order valence-corrected chi connectivity index (χ3v) is 5.53. The Bertz CT molecular complexity index is 1030. The molecule has 2 aliphatic rings. The molecule has 0 unspecified atom stereocenters. The maximum atomic E-state index is 14.5. The van der Waals surface area contributed by atoms with E-state index in [1.807, 2.05) is 0 Å². The molecule has 5 nitrogen and oxygen atoms in total. The van der Waals surface area contributed by atoms with Crippen LogP contribution in [0.4, 0.5) is 26.0 Å². The van der Waals surface area contributed by atoms with Crippen LogP contribution in [0.5, 0.6) is 0 Å². The normalized spacial score (nSPS) is 18.0. The van der Waals surface area contributed by atoms with Gasteiger partial charge in [0.25, 0.3) is 11.7 Å². The summed E-state index contributed by atoms with van der Waals surface area (Å²) < 4.78 is 28.3. The molecule has 2 heterocycles. The Balaban J connectivity index is 1.84. The van der Waals surface area contributed by atoms with Crippen LogP contribution in [0, 0.1) is 25.1 Å². The van der Waals surface area contributed by atoms with Crippen molar-refractivity contribution in [2.75, 3.05) is 9.80 Å². The highest BCUT2D eigenvalue weighted by atomic mass is 32.1. The first-order valence-corrected chi connectivity index (χ1v) is 8.78. The maximum absolute atomic E-state index is 14.5. The van der Waals surface area contributed by atoms with E-state index in [1.165, 1.54) is 28.1 Å². The summed E-state index contributed by atoms with van der Waals surface area (Å²) >= 11 is 5.51. The zero-order valence-corrected chi connectivity index (χ0v) is 15.2. The van der Waals surface area contributed by atoms with Crippen LogP contribution in [0.3, 0.4) is 0 Å². The molecule has 1 aliphatic carbocycles. The molecular formula is C19H14F2N4OS. The molecule has 136 valence electrons. The predicted molar refractivity (Wildman–Crippen MR) is 101 cm³/mol. The molecule has 0 atom stereocenters. The molecule has 4 rings (SSSR count). The number of benzene rings is 1. The van der Waals surface area contributed by atoms with Crippen molar-refractivity contribution in [2.24, 2.45) is 0 Å². The zero-order chi connectivity index (χ0) is 19.3. The standard InChI is InChI=1S/C19H14F2N4OS/c1-11-9-12(10-23-16(11)22-2)24-17(26)19(7-4-8-19)25(18(24)27)14-6-3-5-13(20)15(14)21/h3,5-6,9-10H,4,7-8H2,1H3. The van der Waals surface area contributed by atoms with Crippen molar-refractivity contribution in [3.8, 4) is 0 Å². The highest BCUT2D eigenvalue weighted by Gasteiger charge is 2.60. The van der Waals surface area contributed by atoms with Crippen molar-refractivity contribution in [2.45, 2.75) is 31.7 Å². The van der Waals surface area contributed by atoms with Gasteiger partial charge in [-0.15, -0.1) is 4.98 Å². The third kappa shape index (κ3) is 2.35. The topological polar surface area (TPSA) is 40.8 Å². The Morgan fingerprint density at radius 1 is 1.33 bits per heavy atom. The van der Waals surface area contributed by atoms with Crippen LogP contribution < -0.4 is 9.80 Å². The first-order chi connectivity index (χ1) is 12.9. The second kappa shape index (κ2) is 6.06. The van der Waals surface area contributed by atoms with Gasteiger partial charge in [0.15, 0.2) is 16.7 Å². The number of amides is 1. The molecule has 0 radical (unpaired) electrons. The number of rotatable bonds is 2. The average molecular weight is 384 g/mol. The summed E-state index contributed by atoms with van der Waals surface area (Å²) in [7, 11) is 0. The maximum Gasteiger partial charge on any atom is 0.272 e. The molecule has 1 saturated heterocycles. The van der Waals surface area contributed by atoms with E-state index in [4.69, 9.17) is 18.8 Å². The monoisotopic (exact) mass is 384 g/mol. The molecule has 27 heavy (non-hydrogen) atoms.